The first kappa shape index (κ1) is 19.0. The van der Waals surface area contributed by atoms with Crippen molar-refractivity contribution in [2.75, 3.05) is 11.1 Å². The number of carbonyl (C=O) groups is 2. The van der Waals surface area contributed by atoms with Gasteiger partial charge in [0.1, 0.15) is 10.9 Å². The fourth-order valence-electron chi connectivity index (χ4n) is 2.68. The van der Waals surface area contributed by atoms with Crippen LogP contribution in [-0.2, 0) is 4.79 Å². The molecule has 3 aromatic rings. The first-order chi connectivity index (χ1) is 13.1. The van der Waals surface area contributed by atoms with Crippen LogP contribution in [0.5, 0.6) is 0 Å². The molecule has 0 bridgehead atoms. The van der Waals surface area contributed by atoms with Crippen LogP contribution >= 0.6 is 11.8 Å². The number of hydrogen-bond donors (Lipinski definition) is 1. The molecule has 0 unspecified atom stereocenters. The van der Waals surface area contributed by atoms with Crippen molar-refractivity contribution in [1.29, 1.82) is 0 Å². The molecule has 0 saturated carbocycles. The fourth-order valence-corrected chi connectivity index (χ4v) is 3.64. The monoisotopic (exact) mass is 379 g/mol. The first-order valence-corrected chi connectivity index (χ1v) is 9.84. The molecule has 0 spiro atoms. The van der Waals surface area contributed by atoms with Crippen molar-refractivity contribution in [3.8, 4) is 0 Å². The third-order valence-corrected chi connectivity index (χ3v) is 4.98. The van der Waals surface area contributed by atoms with Gasteiger partial charge in [-0.2, -0.15) is 0 Å². The molecule has 1 aromatic heterocycles. The van der Waals surface area contributed by atoms with Gasteiger partial charge in [-0.05, 0) is 43.7 Å². The predicted molar refractivity (Wildman–Crippen MR) is 109 cm³/mol. The van der Waals surface area contributed by atoms with Gasteiger partial charge in [-0.3, -0.25) is 9.59 Å². The highest BCUT2D eigenvalue weighted by atomic mass is 32.2. The quantitative estimate of drug-likeness (QED) is 0.367. The maximum atomic E-state index is 12.5. The van der Waals surface area contributed by atoms with Crippen molar-refractivity contribution in [2.24, 2.45) is 0 Å². The summed E-state index contributed by atoms with van der Waals surface area (Å²) in [6.07, 6.45) is 1.29. The average molecular weight is 379 g/mol. The molecule has 5 nitrogen and oxygen atoms in total. The van der Waals surface area contributed by atoms with E-state index in [0.29, 0.717) is 29.2 Å². The third-order valence-electron chi connectivity index (χ3n) is 3.99. The minimum Gasteiger partial charge on any atom is -0.326 e. The maximum absolute atomic E-state index is 12.5. The standard InChI is InChI=1S/C21H21N3O2S/c1-3-6-20(26)24-16-11-9-15(10-12-16)19(25)13-27-21-17-7-4-5-8-18(17)22-14(2)23-21/h4-5,7-12H,3,6,13H2,1-2H3,(H,24,26). The number of thioether (sulfide) groups is 1. The second-order valence-corrected chi connectivity index (χ2v) is 7.14. The van der Waals surface area contributed by atoms with E-state index in [0.717, 1.165) is 22.3 Å². The molecule has 27 heavy (non-hydrogen) atoms. The zero-order valence-corrected chi connectivity index (χ0v) is 16.2. The Kier molecular flexibility index (Phi) is 6.19. The number of hydrogen-bond acceptors (Lipinski definition) is 5. The summed E-state index contributed by atoms with van der Waals surface area (Å²) in [6.45, 7) is 3.81. The summed E-state index contributed by atoms with van der Waals surface area (Å²) in [5.74, 6) is 0.989. The Morgan fingerprint density at radius 3 is 2.52 bits per heavy atom. The summed E-state index contributed by atoms with van der Waals surface area (Å²) >= 11 is 1.42. The Labute approximate surface area is 162 Å². The molecule has 0 fully saturated rings. The van der Waals surface area contributed by atoms with Crippen LogP contribution in [0, 0.1) is 6.92 Å². The molecule has 2 aromatic carbocycles. The van der Waals surface area contributed by atoms with Gasteiger partial charge in [0.25, 0.3) is 0 Å². The van der Waals surface area contributed by atoms with Gasteiger partial charge in [0.2, 0.25) is 5.91 Å². The highest BCUT2D eigenvalue weighted by Crippen LogP contribution is 2.26. The molecule has 0 radical (unpaired) electrons. The highest BCUT2D eigenvalue weighted by Gasteiger charge is 2.11. The van der Waals surface area contributed by atoms with Crippen molar-refractivity contribution >= 4 is 40.0 Å². The Hall–Kier alpha value is -2.73. The summed E-state index contributed by atoms with van der Waals surface area (Å²) in [6, 6.07) is 14.8. The van der Waals surface area contributed by atoms with Gasteiger partial charge in [0, 0.05) is 23.1 Å². The lowest BCUT2D eigenvalue weighted by molar-refractivity contribution is -0.116. The summed E-state index contributed by atoms with van der Waals surface area (Å²) in [5.41, 5.74) is 2.20. The van der Waals surface area contributed by atoms with Gasteiger partial charge in [0.05, 0.1) is 11.3 Å². The molecule has 6 heteroatoms. The average Bonchev–Trinajstić information content (AvgIpc) is 2.66. The SMILES string of the molecule is CCCC(=O)Nc1ccc(C(=O)CSc2nc(C)nc3ccccc23)cc1. The van der Waals surface area contributed by atoms with Crippen LogP contribution in [0.4, 0.5) is 5.69 Å². The van der Waals surface area contributed by atoms with Gasteiger partial charge in [-0.25, -0.2) is 9.97 Å². The molecule has 3 rings (SSSR count). The van der Waals surface area contributed by atoms with Crippen molar-refractivity contribution in [1.82, 2.24) is 9.97 Å². The maximum Gasteiger partial charge on any atom is 0.224 e. The van der Waals surface area contributed by atoms with Crippen LogP contribution in [-0.4, -0.2) is 27.4 Å². The van der Waals surface area contributed by atoms with Gasteiger partial charge < -0.3 is 5.32 Å². The van der Waals surface area contributed by atoms with Crippen LogP contribution in [0.2, 0.25) is 0 Å². The highest BCUT2D eigenvalue weighted by molar-refractivity contribution is 8.00. The number of benzene rings is 2. The second-order valence-electron chi connectivity index (χ2n) is 6.18. The molecule has 0 atom stereocenters. The normalized spacial score (nSPS) is 10.7. The van der Waals surface area contributed by atoms with E-state index in [1.165, 1.54) is 11.8 Å². The molecule has 0 aliphatic carbocycles. The molecule has 0 aliphatic heterocycles. The van der Waals surface area contributed by atoms with E-state index < -0.39 is 0 Å². The minimum atomic E-state index is -0.0156. The molecular formula is C21H21N3O2S. The van der Waals surface area contributed by atoms with E-state index in [9.17, 15) is 9.59 Å². The van der Waals surface area contributed by atoms with Gasteiger partial charge in [0.15, 0.2) is 5.78 Å². The van der Waals surface area contributed by atoms with E-state index in [1.54, 1.807) is 24.3 Å². The number of nitrogens with zero attached hydrogens (tertiary/aromatic N) is 2. The lowest BCUT2D eigenvalue weighted by Crippen LogP contribution is -2.11. The number of aryl methyl sites for hydroxylation is 1. The number of Topliss-reactive ketones (excluding diaryl/α,β-unsaturated/α-hetero) is 1. The largest absolute Gasteiger partial charge is 0.326 e. The topological polar surface area (TPSA) is 72.0 Å². The summed E-state index contributed by atoms with van der Waals surface area (Å²) in [7, 11) is 0. The number of rotatable bonds is 7. The summed E-state index contributed by atoms with van der Waals surface area (Å²) < 4.78 is 0. The number of para-hydroxylation sites is 1. The van der Waals surface area contributed by atoms with Crippen LogP contribution in [0.15, 0.2) is 53.6 Å². The number of amides is 1. The smallest absolute Gasteiger partial charge is 0.224 e. The Bertz CT molecular complexity index is 971. The number of carbonyl (C=O) groups excluding carboxylic acids is 2. The Balaban J connectivity index is 1.67. The van der Waals surface area contributed by atoms with E-state index >= 15 is 0 Å². The molecule has 1 N–H and O–H groups in total. The number of fused-ring (bicyclic) bond motifs is 1. The van der Waals surface area contributed by atoms with Gasteiger partial charge in [-0.1, -0.05) is 36.9 Å². The summed E-state index contributed by atoms with van der Waals surface area (Å²) in [4.78, 5) is 33.1. The van der Waals surface area contributed by atoms with E-state index in [4.69, 9.17) is 0 Å². The Morgan fingerprint density at radius 1 is 1.04 bits per heavy atom. The molecule has 0 aliphatic rings. The summed E-state index contributed by atoms with van der Waals surface area (Å²) in [5, 5.41) is 4.59. The molecule has 1 heterocycles. The van der Waals surface area contributed by atoms with Crippen LogP contribution in [0.25, 0.3) is 10.9 Å². The number of nitrogens with one attached hydrogen (secondary N) is 1. The first-order valence-electron chi connectivity index (χ1n) is 8.86. The Morgan fingerprint density at radius 2 is 1.78 bits per heavy atom. The van der Waals surface area contributed by atoms with Crippen LogP contribution < -0.4 is 5.32 Å². The van der Waals surface area contributed by atoms with Gasteiger partial charge >= 0.3 is 0 Å². The lowest BCUT2D eigenvalue weighted by atomic mass is 10.1. The fraction of sp³-hybridized carbons (Fsp3) is 0.238. The van der Waals surface area contributed by atoms with Crippen molar-refractivity contribution in [3.63, 3.8) is 0 Å². The number of anilines is 1. The zero-order valence-electron chi connectivity index (χ0n) is 15.4. The van der Waals surface area contributed by atoms with E-state index in [2.05, 4.69) is 15.3 Å². The predicted octanol–water partition coefficient (Wildman–Crippen LogP) is 4.65. The zero-order chi connectivity index (χ0) is 19.2. The van der Waals surface area contributed by atoms with Crippen LogP contribution in [0.3, 0.4) is 0 Å². The molecule has 1 amide bonds. The van der Waals surface area contributed by atoms with Gasteiger partial charge in [-0.15, -0.1) is 0 Å². The van der Waals surface area contributed by atoms with Crippen LogP contribution in [0.1, 0.15) is 35.9 Å². The lowest BCUT2D eigenvalue weighted by Gasteiger charge is -2.07. The van der Waals surface area contributed by atoms with Crippen molar-refractivity contribution in [2.45, 2.75) is 31.7 Å². The number of ketones is 1. The third kappa shape index (κ3) is 4.92. The van der Waals surface area contributed by atoms with E-state index in [-0.39, 0.29) is 11.7 Å². The molecular weight excluding hydrogens is 358 g/mol. The minimum absolute atomic E-state index is 0.0156. The second kappa shape index (κ2) is 8.77. The van der Waals surface area contributed by atoms with E-state index in [1.807, 2.05) is 38.1 Å². The molecule has 0 saturated heterocycles. The van der Waals surface area contributed by atoms with Crippen molar-refractivity contribution in [3.05, 3.63) is 59.9 Å². The molecule has 138 valence electrons. The number of aromatic nitrogens is 2. The van der Waals surface area contributed by atoms with Crippen molar-refractivity contribution < 1.29 is 9.59 Å².